The van der Waals surface area contributed by atoms with Gasteiger partial charge in [0.25, 0.3) is 0 Å². The molecule has 1 unspecified atom stereocenters. The summed E-state index contributed by atoms with van der Waals surface area (Å²) in [6, 6.07) is 0. The van der Waals surface area contributed by atoms with Gasteiger partial charge < -0.3 is 0 Å². The molecule has 0 aromatic heterocycles. The van der Waals surface area contributed by atoms with Crippen molar-refractivity contribution in [2.75, 3.05) is 0 Å². The SMILES string of the molecule is P.[AlH3].[Cu].[Fe]. The van der Waals surface area contributed by atoms with Crippen LogP contribution in [0.1, 0.15) is 0 Å². The van der Waals surface area contributed by atoms with Crippen molar-refractivity contribution in [3.05, 3.63) is 0 Å². The van der Waals surface area contributed by atoms with E-state index in [0.717, 1.165) is 0 Å². The Kier molecular flexibility index (Phi) is 187. The van der Waals surface area contributed by atoms with Crippen molar-refractivity contribution < 1.29 is 34.1 Å². The molecule has 1 radical (unpaired) electrons. The van der Waals surface area contributed by atoms with E-state index in [0.29, 0.717) is 0 Å². The maximum atomic E-state index is 0. The Balaban J connectivity index is 0. The van der Waals surface area contributed by atoms with Crippen LogP contribution < -0.4 is 0 Å². The van der Waals surface area contributed by atoms with Gasteiger partial charge in [-0.05, 0) is 0 Å². The Morgan fingerprint density at radius 3 is 1.00 bits per heavy atom. The minimum Gasteiger partial charge on any atom is -0.153 e. The fourth-order valence-electron chi connectivity index (χ4n) is 0. The Morgan fingerprint density at radius 1 is 1.00 bits per heavy atom. The molecule has 0 nitrogen and oxygen atoms in total. The van der Waals surface area contributed by atoms with Crippen molar-refractivity contribution in [2.24, 2.45) is 0 Å². The fraction of sp³-hybridized carbons (Fsp3) is 0. The van der Waals surface area contributed by atoms with Crippen molar-refractivity contribution in [2.45, 2.75) is 0 Å². The molecule has 0 aromatic rings. The Labute approximate surface area is 61.2 Å². The van der Waals surface area contributed by atoms with E-state index in [1.54, 1.807) is 0 Å². The molecule has 0 saturated heterocycles. The smallest absolute Gasteiger partial charge is 0.153 e. The van der Waals surface area contributed by atoms with Gasteiger partial charge in [-0.15, -0.1) is 0 Å². The molecule has 0 rings (SSSR count). The molecule has 0 N–H and O–H groups in total. The van der Waals surface area contributed by atoms with Crippen LogP contribution in [-0.4, -0.2) is 17.4 Å². The molecular weight excluding hydrogens is 177 g/mol. The third kappa shape index (κ3) is 9.00. The maximum Gasteiger partial charge on any atom is 0.187 e. The van der Waals surface area contributed by atoms with Gasteiger partial charge in [0.2, 0.25) is 0 Å². The third-order valence-electron chi connectivity index (χ3n) is 0. The molecule has 0 saturated carbocycles. The summed E-state index contributed by atoms with van der Waals surface area (Å²) in [5, 5.41) is 0. The molecule has 33 valence electrons. The van der Waals surface area contributed by atoms with Gasteiger partial charge in [-0.2, -0.15) is 9.90 Å². The Morgan fingerprint density at radius 2 is 1.00 bits per heavy atom. The molecule has 0 amide bonds. The number of hydrogen-bond acceptors (Lipinski definition) is 0. The van der Waals surface area contributed by atoms with E-state index in [9.17, 15) is 0 Å². The zero-order valence-corrected chi connectivity index (χ0v) is 4.82. The Hall–Kier alpha value is 2.00. The van der Waals surface area contributed by atoms with Crippen LogP contribution >= 0.6 is 9.90 Å². The van der Waals surface area contributed by atoms with Crippen LogP contribution in [0.25, 0.3) is 0 Å². The van der Waals surface area contributed by atoms with Crippen molar-refractivity contribution in [1.82, 2.24) is 0 Å². The second-order valence-corrected chi connectivity index (χ2v) is 0. The average molecular weight is 183 g/mol. The van der Waals surface area contributed by atoms with Crippen molar-refractivity contribution in [3.63, 3.8) is 0 Å². The summed E-state index contributed by atoms with van der Waals surface area (Å²) >= 11 is 0. The number of hydrogen-bond donors (Lipinski definition) is 0. The molecule has 0 fully saturated rings. The minimum absolute atomic E-state index is 0. The molecule has 0 aromatic carbocycles. The summed E-state index contributed by atoms with van der Waals surface area (Å²) in [7, 11) is 0. The van der Waals surface area contributed by atoms with Gasteiger partial charge in [0, 0.05) is 34.1 Å². The molecule has 0 spiro atoms. The Bertz CT molecular complexity index is 8.00. The molecule has 4 heavy (non-hydrogen) atoms. The second-order valence-electron chi connectivity index (χ2n) is 0. The van der Waals surface area contributed by atoms with Crippen molar-refractivity contribution in [1.29, 1.82) is 0 Å². The van der Waals surface area contributed by atoms with Gasteiger partial charge in [-0.3, -0.25) is 0 Å². The van der Waals surface area contributed by atoms with Crippen LogP contribution in [0.2, 0.25) is 0 Å². The molecule has 0 aliphatic carbocycles. The third-order valence-corrected chi connectivity index (χ3v) is 0. The molecule has 0 aliphatic rings. The van der Waals surface area contributed by atoms with E-state index in [1.807, 2.05) is 0 Å². The topological polar surface area (TPSA) is 0 Å². The van der Waals surface area contributed by atoms with E-state index >= 15 is 0 Å². The largest absolute Gasteiger partial charge is 0.187 e. The first kappa shape index (κ1) is 37.5. The summed E-state index contributed by atoms with van der Waals surface area (Å²) < 4.78 is 0. The van der Waals surface area contributed by atoms with Gasteiger partial charge in [0.05, 0.1) is 0 Å². The van der Waals surface area contributed by atoms with Crippen LogP contribution in [0, 0.1) is 0 Å². The molecule has 0 aliphatic heterocycles. The van der Waals surface area contributed by atoms with Crippen molar-refractivity contribution in [3.8, 4) is 0 Å². The van der Waals surface area contributed by atoms with Gasteiger partial charge in [0.1, 0.15) is 0 Å². The molecular formula is H6AlCuFeP. The maximum absolute atomic E-state index is 0. The summed E-state index contributed by atoms with van der Waals surface area (Å²) in [6.07, 6.45) is 0. The van der Waals surface area contributed by atoms with Crippen molar-refractivity contribution >= 4 is 27.3 Å². The number of rotatable bonds is 0. The first-order valence-electron chi connectivity index (χ1n) is 0. The van der Waals surface area contributed by atoms with Crippen LogP contribution in [0.5, 0.6) is 0 Å². The average Bonchev–Trinajstić information content (AvgIpc) is 0. The van der Waals surface area contributed by atoms with E-state index in [4.69, 9.17) is 0 Å². The van der Waals surface area contributed by atoms with Crippen LogP contribution in [0.4, 0.5) is 0 Å². The van der Waals surface area contributed by atoms with Crippen LogP contribution in [0.3, 0.4) is 0 Å². The minimum atomic E-state index is 0. The van der Waals surface area contributed by atoms with E-state index in [-0.39, 0.29) is 61.4 Å². The molecule has 0 bridgehead atoms. The van der Waals surface area contributed by atoms with Gasteiger partial charge in [-0.25, -0.2) is 0 Å². The van der Waals surface area contributed by atoms with E-state index < -0.39 is 0 Å². The van der Waals surface area contributed by atoms with Gasteiger partial charge in [-0.1, -0.05) is 0 Å². The zero-order chi connectivity index (χ0) is 0. The summed E-state index contributed by atoms with van der Waals surface area (Å²) in [5.74, 6) is 0. The molecule has 4 heteroatoms. The normalized spacial score (nSPS) is 0. The fourth-order valence-corrected chi connectivity index (χ4v) is 0. The molecule has 0 heterocycles. The summed E-state index contributed by atoms with van der Waals surface area (Å²) in [6.45, 7) is 0. The standard InChI is InChI=1S/Al.Cu.Fe.H3P.3H/h;;;1H3;;;. The quantitative estimate of drug-likeness (QED) is 0.329. The van der Waals surface area contributed by atoms with Crippen LogP contribution in [-0.2, 0) is 34.1 Å². The van der Waals surface area contributed by atoms with Gasteiger partial charge in [0.15, 0.2) is 17.4 Å². The predicted molar refractivity (Wildman–Crippen MR) is 21.0 cm³/mol. The first-order chi connectivity index (χ1) is 0. The molecule has 1 atom stereocenters. The predicted octanol–water partition coefficient (Wildman–Crippen LogP) is -1.13. The second kappa shape index (κ2) is 20.0. The summed E-state index contributed by atoms with van der Waals surface area (Å²) in [4.78, 5) is 0. The zero-order valence-electron chi connectivity index (χ0n) is 1.36. The summed E-state index contributed by atoms with van der Waals surface area (Å²) in [5.41, 5.74) is 0. The van der Waals surface area contributed by atoms with Crippen LogP contribution in [0.15, 0.2) is 0 Å². The van der Waals surface area contributed by atoms with Gasteiger partial charge >= 0.3 is 0 Å². The van der Waals surface area contributed by atoms with E-state index in [1.165, 1.54) is 0 Å². The van der Waals surface area contributed by atoms with E-state index in [2.05, 4.69) is 0 Å². The monoisotopic (exact) mass is 183 g/mol. The first-order valence-corrected chi connectivity index (χ1v) is 0.